The summed E-state index contributed by atoms with van der Waals surface area (Å²) in [7, 11) is 0. The van der Waals surface area contributed by atoms with Gasteiger partial charge in [-0.15, -0.1) is 10.2 Å². The number of carbonyl (C=O) groups is 1. The molecule has 8 heteroatoms. The van der Waals surface area contributed by atoms with Crippen LogP contribution in [0, 0.1) is 17.1 Å². The lowest BCUT2D eigenvalue weighted by Crippen LogP contribution is -2.50. The highest BCUT2D eigenvalue weighted by atomic mass is 32.2. The number of hydrogen-bond acceptors (Lipinski definition) is 5. The molecule has 1 aliphatic carbocycles. The summed E-state index contributed by atoms with van der Waals surface area (Å²) >= 11 is 1.19. The van der Waals surface area contributed by atoms with Crippen molar-refractivity contribution in [3.8, 4) is 11.8 Å². The van der Waals surface area contributed by atoms with Crippen molar-refractivity contribution in [2.75, 3.05) is 0 Å². The number of hydrogen-bond donors (Lipinski definition) is 1. The number of aromatic nitrogens is 3. The summed E-state index contributed by atoms with van der Waals surface area (Å²) in [5, 5.41) is 20.2. The molecule has 0 bridgehead atoms. The van der Waals surface area contributed by atoms with Gasteiger partial charge in [0.1, 0.15) is 17.7 Å². The molecule has 2 aromatic rings. The smallest absolute Gasteiger partial charge is 0.234 e. The molecule has 1 saturated carbocycles. The minimum absolute atomic E-state index is 0.221. The summed E-state index contributed by atoms with van der Waals surface area (Å²) < 4.78 is 15.6. The van der Waals surface area contributed by atoms with Gasteiger partial charge in [-0.1, -0.05) is 43.2 Å². The van der Waals surface area contributed by atoms with Crippen LogP contribution in [-0.2, 0) is 4.79 Å². The monoisotopic (exact) mass is 373 g/mol. The molecule has 1 N–H and O–H groups in total. The second-order valence-corrected chi connectivity index (χ2v) is 7.75. The number of halogens is 1. The standard InChI is InChI=1S/C18H20FN5OS/c1-13(16(25)22-18(11-20)9-5-2-6-10-18)26-17-23-21-12-24(17)15-8-4-3-7-14(15)19/h3-4,7-8,12-13H,2,5-6,9-10H2,1H3,(H,22,25). The summed E-state index contributed by atoms with van der Waals surface area (Å²) in [6.07, 6.45) is 5.75. The summed E-state index contributed by atoms with van der Waals surface area (Å²) in [5.74, 6) is -0.613. The molecular formula is C18H20FN5OS. The third-order valence-electron chi connectivity index (χ3n) is 4.56. The Balaban J connectivity index is 1.72. The average Bonchev–Trinajstić information content (AvgIpc) is 3.10. The number of thioether (sulfide) groups is 1. The maximum atomic E-state index is 14.0. The molecule has 1 aromatic carbocycles. The minimum atomic E-state index is -0.774. The lowest BCUT2D eigenvalue weighted by Gasteiger charge is -2.32. The van der Waals surface area contributed by atoms with Gasteiger partial charge in [0.25, 0.3) is 0 Å². The fourth-order valence-corrected chi connectivity index (χ4v) is 3.92. The van der Waals surface area contributed by atoms with Gasteiger partial charge in [-0.05, 0) is 31.9 Å². The SMILES string of the molecule is CC(Sc1nncn1-c1ccccc1F)C(=O)NC1(C#N)CCCCC1. The van der Waals surface area contributed by atoms with E-state index in [1.165, 1.54) is 28.7 Å². The van der Waals surface area contributed by atoms with E-state index in [4.69, 9.17) is 0 Å². The molecule has 1 unspecified atom stereocenters. The molecule has 3 rings (SSSR count). The van der Waals surface area contributed by atoms with Crippen LogP contribution in [0.1, 0.15) is 39.0 Å². The maximum absolute atomic E-state index is 14.0. The first-order valence-corrected chi connectivity index (χ1v) is 9.47. The number of benzene rings is 1. The third kappa shape index (κ3) is 3.88. The molecule has 1 heterocycles. The summed E-state index contributed by atoms with van der Waals surface area (Å²) in [5.41, 5.74) is -0.447. The molecule has 0 spiro atoms. The Labute approximate surface area is 155 Å². The van der Waals surface area contributed by atoms with Gasteiger partial charge in [0.15, 0.2) is 5.16 Å². The normalized spacial score (nSPS) is 17.3. The van der Waals surface area contributed by atoms with Crippen molar-refractivity contribution in [2.45, 2.75) is 55.0 Å². The van der Waals surface area contributed by atoms with Crippen LogP contribution < -0.4 is 5.32 Å². The fourth-order valence-electron chi connectivity index (χ4n) is 3.09. The zero-order valence-corrected chi connectivity index (χ0v) is 15.3. The Morgan fingerprint density at radius 3 is 2.81 bits per heavy atom. The van der Waals surface area contributed by atoms with Gasteiger partial charge in [0, 0.05) is 0 Å². The number of rotatable bonds is 5. The van der Waals surface area contributed by atoms with E-state index in [2.05, 4.69) is 21.6 Å². The van der Waals surface area contributed by atoms with Crippen LogP contribution in [0.3, 0.4) is 0 Å². The Bertz CT molecular complexity index is 825. The summed E-state index contributed by atoms with van der Waals surface area (Å²) in [6.45, 7) is 1.74. The van der Waals surface area contributed by atoms with Gasteiger partial charge in [-0.2, -0.15) is 5.26 Å². The molecule has 0 saturated heterocycles. The van der Waals surface area contributed by atoms with Crippen LogP contribution in [-0.4, -0.2) is 31.5 Å². The quantitative estimate of drug-likeness (QED) is 0.814. The van der Waals surface area contributed by atoms with E-state index >= 15 is 0 Å². The number of para-hydroxylation sites is 1. The molecule has 1 fully saturated rings. The van der Waals surface area contributed by atoms with E-state index in [1.54, 1.807) is 25.1 Å². The van der Waals surface area contributed by atoms with Crippen LogP contribution >= 0.6 is 11.8 Å². The predicted octanol–water partition coefficient (Wildman–Crippen LogP) is 3.23. The minimum Gasteiger partial charge on any atom is -0.337 e. The predicted molar refractivity (Wildman–Crippen MR) is 96.2 cm³/mol. The van der Waals surface area contributed by atoms with Crippen molar-refractivity contribution in [1.29, 1.82) is 5.26 Å². The van der Waals surface area contributed by atoms with Crippen molar-refractivity contribution >= 4 is 17.7 Å². The van der Waals surface area contributed by atoms with Gasteiger partial charge in [0.2, 0.25) is 5.91 Å². The Morgan fingerprint density at radius 2 is 2.12 bits per heavy atom. The first-order chi connectivity index (χ1) is 12.5. The van der Waals surface area contributed by atoms with E-state index < -0.39 is 16.6 Å². The molecule has 136 valence electrons. The van der Waals surface area contributed by atoms with E-state index in [0.29, 0.717) is 23.7 Å². The lowest BCUT2D eigenvalue weighted by molar-refractivity contribution is -0.121. The second-order valence-electron chi connectivity index (χ2n) is 6.44. The third-order valence-corrected chi connectivity index (χ3v) is 5.62. The van der Waals surface area contributed by atoms with Crippen molar-refractivity contribution in [1.82, 2.24) is 20.1 Å². The number of nitrogens with one attached hydrogen (secondary N) is 1. The van der Waals surface area contributed by atoms with Crippen molar-refractivity contribution < 1.29 is 9.18 Å². The van der Waals surface area contributed by atoms with E-state index in [9.17, 15) is 14.4 Å². The number of nitrogens with zero attached hydrogens (tertiary/aromatic N) is 4. The number of amides is 1. The van der Waals surface area contributed by atoms with Gasteiger partial charge in [-0.25, -0.2) is 4.39 Å². The van der Waals surface area contributed by atoms with Crippen LogP contribution in [0.25, 0.3) is 5.69 Å². The number of nitriles is 1. The number of carbonyl (C=O) groups excluding carboxylic acids is 1. The van der Waals surface area contributed by atoms with E-state index in [1.807, 2.05) is 0 Å². The summed E-state index contributed by atoms with van der Waals surface area (Å²) in [4.78, 5) is 12.6. The zero-order valence-electron chi connectivity index (χ0n) is 14.5. The second kappa shape index (κ2) is 7.87. The van der Waals surface area contributed by atoms with E-state index in [-0.39, 0.29) is 5.91 Å². The molecule has 1 amide bonds. The largest absolute Gasteiger partial charge is 0.337 e. The van der Waals surface area contributed by atoms with Crippen LogP contribution in [0.15, 0.2) is 35.7 Å². The Morgan fingerprint density at radius 1 is 1.38 bits per heavy atom. The summed E-state index contributed by atoms with van der Waals surface area (Å²) in [6, 6.07) is 8.60. The first kappa shape index (κ1) is 18.4. The molecule has 0 radical (unpaired) electrons. The van der Waals surface area contributed by atoms with Gasteiger partial charge in [-0.3, -0.25) is 9.36 Å². The van der Waals surface area contributed by atoms with Crippen LogP contribution in [0.4, 0.5) is 4.39 Å². The van der Waals surface area contributed by atoms with Crippen molar-refractivity contribution in [2.24, 2.45) is 0 Å². The van der Waals surface area contributed by atoms with Gasteiger partial charge < -0.3 is 5.32 Å². The zero-order chi connectivity index (χ0) is 18.6. The molecule has 6 nitrogen and oxygen atoms in total. The van der Waals surface area contributed by atoms with Gasteiger partial charge in [0.05, 0.1) is 17.0 Å². The fraction of sp³-hybridized carbons (Fsp3) is 0.444. The molecular weight excluding hydrogens is 353 g/mol. The molecule has 0 aliphatic heterocycles. The molecule has 26 heavy (non-hydrogen) atoms. The lowest BCUT2D eigenvalue weighted by atomic mass is 9.83. The molecule has 1 aliphatic rings. The van der Waals surface area contributed by atoms with Gasteiger partial charge >= 0.3 is 0 Å². The van der Waals surface area contributed by atoms with E-state index in [0.717, 1.165) is 19.3 Å². The maximum Gasteiger partial charge on any atom is 0.234 e. The molecule has 1 aromatic heterocycles. The van der Waals surface area contributed by atoms with Crippen molar-refractivity contribution in [3.05, 3.63) is 36.4 Å². The first-order valence-electron chi connectivity index (χ1n) is 8.59. The highest BCUT2D eigenvalue weighted by molar-refractivity contribution is 8.00. The van der Waals surface area contributed by atoms with Crippen LogP contribution in [0.5, 0.6) is 0 Å². The van der Waals surface area contributed by atoms with Crippen LogP contribution in [0.2, 0.25) is 0 Å². The Hall–Kier alpha value is -2.40. The van der Waals surface area contributed by atoms with Crippen molar-refractivity contribution in [3.63, 3.8) is 0 Å². The highest BCUT2D eigenvalue weighted by Gasteiger charge is 2.35. The average molecular weight is 373 g/mol. The molecule has 1 atom stereocenters. The Kier molecular flexibility index (Phi) is 5.57. The topological polar surface area (TPSA) is 83.6 Å². The highest BCUT2D eigenvalue weighted by Crippen LogP contribution is 2.29.